The minimum absolute atomic E-state index is 0.0285. The van der Waals surface area contributed by atoms with Crippen molar-refractivity contribution in [1.29, 1.82) is 0 Å². The maximum Gasteiger partial charge on any atom is 0.264 e. The number of anilines is 1. The van der Waals surface area contributed by atoms with Gasteiger partial charge in [0.2, 0.25) is 5.91 Å². The van der Waals surface area contributed by atoms with Gasteiger partial charge in [-0.1, -0.05) is 19.3 Å². The Morgan fingerprint density at radius 1 is 1.07 bits per heavy atom. The van der Waals surface area contributed by atoms with Crippen molar-refractivity contribution in [1.82, 2.24) is 5.32 Å². The number of hydrogen-bond acceptors (Lipinski definition) is 4. The van der Waals surface area contributed by atoms with E-state index in [0.717, 1.165) is 36.4 Å². The average molecular weight is 435 g/mol. The molecule has 0 heterocycles. The first kappa shape index (κ1) is 22.1. The summed E-state index contributed by atoms with van der Waals surface area (Å²) in [7, 11) is -4.04. The molecule has 0 aromatic heterocycles. The van der Waals surface area contributed by atoms with Crippen molar-refractivity contribution in [2.24, 2.45) is 0 Å². The molecule has 1 aliphatic rings. The molecule has 0 bridgehead atoms. The van der Waals surface area contributed by atoms with Gasteiger partial charge in [0.05, 0.1) is 17.2 Å². The van der Waals surface area contributed by atoms with Gasteiger partial charge < -0.3 is 10.1 Å². The van der Waals surface area contributed by atoms with Crippen LogP contribution in [0.3, 0.4) is 0 Å². The van der Waals surface area contributed by atoms with Crippen molar-refractivity contribution in [2.75, 3.05) is 17.5 Å². The summed E-state index contributed by atoms with van der Waals surface area (Å²) in [4.78, 5) is 12.7. The number of carbonyl (C=O) groups is 1. The summed E-state index contributed by atoms with van der Waals surface area (Å²) in [6.07, 6.45) is 5.05. The van der Waals surface area contributed by atoms with Crippen LogP contribution in [-0.4, -0.2) is 33.5 Å². The van der Waals surface area contributed by atoms with Crippen molar-refractivity contribution in [3.8, 4) is 5.75 Å². The number of carbonyl (C=O) groups excluding carboxylic acids is 1. The first-order valence-corrected chi connectivity index (χ1v) is 11.6. The summed E-state index contributed by atoms with van der Waals surface area (Å²) in [6.45, 7) is 1.93. The predicted octanol–water partition coefficient (Wildman–Crippen LogP) is 3.87. The van der Waals surface area contributed by atoms with Crippen LogP contribution in [0.4, 0.5) is 10.1 Å². The molecule has 0 radical (unpaired) electrons. The molecule has 2 aromatic carbocycles. The van der Waals surface area contributed by atoms with Gasteiger partial charge in [0, 0.05) is 6.04 Å². The number of sulfonamides is 1. The van der Waals surface area contributed by atoms with Crippen LogP contribution in [0.15, 0.2) is 53.4 Å². The summed E-state index contributed by atoms with van der Waals surface area (Å²) in [5, 5.41) is 2.94. The summed E-state index contributed by atoms with van der Waals surface area (Å²) in [6, 6.07) is 11.2. The van der Waals surface area contributed by atoms with E-state index in [9.17, 15) is 17.6 Å². The Morgan fingerprint density at radius 3 is 2.30 bits per heavy atom. The number of benzene rings is 2. The fourth-order valence-electron chi connectivity index (χ4n) is 3.57. The highest BCUT2D eigenvalue weighted by molar-refractivity contribution is 7.92. The lowest BCUT2D eigenvalue weighted by atomic mass is 9.95. The topological polar surface area (TPSA) is 75.7 Å². The van der Waals surface area contributed by atoms with Gasteiger partial charge in [-0.25, -0.2) is 12.8 Å². The van der Waals surface area contributed by atoms with Crippen molar-refractivity contribution < 1.29 is 22.3 Å². The first-order chi connectivity index (χ1) is 14.4. The third kappa shape index (κ3) is 5.50. The predicted molar refractivity (Wildman–Crippen MR) is 114 cm³/mol. The minimum Gasteiger partial charge on any atom is -0.494 e. The van der Waals surface area contributed by atoms with E-state index in [1.54, 1.807) is 12.1 Å². The Balaban J connectivity index is 1.86. The quantitative estimate of drug-likeness (QED) is 0.684. The molecule has 1 N–H and O–H groups in total. The van der Waals surface area contributed by atoms with Crippen LogP contribution >= 0.6 is 0 Å². The zero-order valence-electron chi connectivity index (χ0n) is 17.0. The molecule has 8 heteroatoms. The number of nitrogens with zero attached hydrogens (tertiary/aromatic N) is 1. The van der Waals surface area contributed by atoms with Crippen LogP contribution in [0, 0.1) is 5.82 Å². The molecule has 2 aromatic rings. The Hall–Kier alpha value is -2.61. The highest BCUT2D eigenvalue weighted by atomic mass is 32.2. The lowest BCUT2D eigenvalue weighted by Gasteiger charge is -2.27. The SMILES string of the molecule is CCOc1ccc(S(=O)(=O)N(CC(=O)NC2CCCCC2)c2ccc(F)cc2)cc1. The molecule has 0 atom stereocenters. The minimum atomic E-state index is -4.04. The van der Waals surface area contributed by atoms with Crippen LogP contribution in [0.5, 0.6) is 5.75 Å². The largest absolute Gasteiger partial charge is 0.494 e. The summed E-state index contributed by atoms with van der Waals surface area (Å²) < 4.78 is 46.4. The molecule has 1 amide bonds. The maximum absolute atomic E-state index is 13.4. The monoisotopic (exact) mass is 434 g/mol. The zero-order valence-corrected chi connectivity index (χ0v) is 17.8. The zero-order chi connectivity index (χ0) is 21.6. The van der Waals surface area contributed by atoms with Gasteiger partial charge in [-0.15, -0.1) is 0 Å². The smallest absolute Gasteiger partial charge is 0.264 e. The van der Waals surface area contributed by atoms with Crippen molar-refractivity contribution in [2.45, 2.75) is 50.0 Å². The van der Waals surface area contributed by atoms with Gasteiger partial charge in [0.15, 0.2) is 0 Å². The van der Waals surface area contributed by atoms with Gasteiger partial charge in [-0.3, -0.25) is 9.10 Å². The molecule has 30 heavy (non-hydrogen) atoms. The maximum atomic E-state index is 13.4. The molecule has 1 saturated carbocycles. The normalized spacial score (nSPS) is 14.9. The average Bonchev–Trinajstić information content (AvgIpc) is 2.74. The van der Waals surface area contributed by atoms with E-state index in [2.05, 4.69) is 5.32 Å². The summed E-state index contributed by atoms with van der Waals surface area (Å²) in [5.74, 6) is -0.301. The fraction of sp³-hybridized carbons (Fsp3) is 0.409. The molecule has 6 nitrogen and oxygen atoms in total. The fourth-order valence-corrected chi connectivity index (χ4v) is 5.00. The molecular formula is C22H27FN2O4S. The van der Waals surface area contributed by atoms with Crippen LogP contribution in [0.1, 0.15) is 39.0 Å². The molecule has 0 saturated heterocycles. The number of amides is 1. The van der Waals surface area contributed by atoms with Crippen molar-refractivity contribution in [3.63, 3.8) is 0 Å². The Kier molecular flexibility index (Phi) is 7.31. The van der Waals surface area contributed by atoms with Crippen LogP contribution in [-0.2, 0) is 14.8 Å². The number of ether oxygens (including phenoxy) is 1. The van der Waals surface area contributed by atoms with Gasteiger partial charge in [-0.05, 0) is 68.3 Å². The molecule has 0 spiro atoms. The van der Waals surface area contributed by atoms with E-state index < -0.39 is 15.8 Å². The van der Waals surface area contributed by atoms with Gasteiger partial charge in [0.1, 0.15) is 18.1 Å². The Labute approximate surface area is 177 Å². The number of nitrogens with one attached hydrogen (secondary N) is 1. The van der Waals surface area contributed by atoms with Crippen LogP contribution in [0.25, 0.3) is 0 Å². The van der Waals surface area contributed by atoms with E-state index in [1.807, 2.05) is 6.92 Å². The highest BCUT2D eigenvalue weighted by Gasteiger charge is 2.28. The van der Waals surface area contributed by atoms with E-state index in [1.165, 1.54) is 36.4 Å². The lowest BCUT2D eigenvalue weighted by Crippen LogP contribution is -2.44. The standard InChI is InChI=1S/C22H27FN2O4S/c1-2-29-20-12-14-21(15-13-20)30(27,28)25(19-10-8-17(23)9-11-19)16-22(26)24-18-6-4-3-5-7-18/h8-15,18H,2-7,16H2,1H3,(H,24,26). The Morgan fingerprint density at radius 2 is 1.70 bits per heavy atom. The van der Waals surface area contributed by atoms with Crippen LogP contribution < -0.4 is 14.4 Å². The van der Waals surface area contributed by atoms with Gasteiger partial charge >= 0.3 is 0 Å². The summed E-state index contributed by atoms with van der Waals surface area (Å²) in [5.41, 5.74) is 0.226. The third-order valence-electron chi connectivity index (χ3n) is 5.09. The van der Waals surface area contributed by atoms with Crippen LogP contribution in [0.2, 0.25) is 0 Å². The molecule has 1 aliphatic carbocycles. The highest BCUT2D eigenvalue weighted by Crippen LogP contribution is 2.26. The van der Waals surface area contributed by atoms with Crippen molar-refractivity contribution in [3.05, 3.63) is 54.3 Å². The number of halogens is 1. The second-order valence-electron chi connectivity index (χ2n) is 7.29. The second-order valence-corrected chi connectivity index (χ2v) is 9.16. The molecule has 0 aliphatic heterocycles. The molecule has 1 fully saturated rings. The van der Waals surface area contributed by atoms with Gasteiger partial charge in [0.25, 0.3) is 10.0 Å². The van der Waals surface area contributed by atoms with Gasteiger partial charge in [-0.2, -0.15) is 0 Å². The molecule has 0 unspecified atom stereocenters. The van der Waals surface area contributed by atoms with E-state index in [4.69, 9.17) is 4.74 Å². The lowest BCUT2D eigenvalue weighted by molar-refractivity contribution is -0.120. The van der Waals surface area contributed by atoms with E-state index >= 15 is 0 Å². The number of rotatable bonds is 8. The first-order valence-electron chi connectivity index (χ1n) is 10.2. The van der Waals surface area contributed by atoms with E-state index in [0.29, 0.717) is 12.4 Å². The molecular weight excluding hydrogens is 407 g/mol. The molecule has 162 valence electrons. The Bertz CT molecular complexity index is 940. The van der Waals surface area contributed by atoms with E-state index in [-0.39, 0.29) is 29.1 Å². The number of hydrogen-bond donors (Lipinski definition) is 1. The second kappa shape index (κ2) is 9.93. The summed E-state index contributed by atoms with van der Waals surface area (Å²) >= 11 is 0. The van der Waals surface area contributed by atoms with Crippen molar-refractivity contribution >= 4 is 21.6 Å². The third-order valence-corrected chi connectivity index (χ3v) is 6.88. The molecule has 3 rings (SSSR count).